The average molecular weight is 312 g/mol. The summed E-state index contributed by atoms with van der Waals surface area (Å²) in [6, 6.07) is 11.8. The molecule has 5 heteroatoms. The molecule has 0 radical (unpaired) electrons. The second-order valence-electron chi connectivity index (χ2n) is 5.77. The van der Waals surface area contributed by atoms with Crippen LogP contribution in [0.2, 0.25) is 0 Å². The largest absolute Gasteiger partial charge is 0.363 e. The monoisotopic (exact) mass is 312 g/mol. The average Bonchev–Trinajstić information content (AvgIpc) is 2.54. The minimum absolute atomic E-state index is 0.00945. The van der Waals surface area contributed by atoms with Crippen LogP contribution in [-0.2, 0) is 11.3 Å². The lowest BCUT2D eigenvalue weighted by Crippen LogP contribution is -2.29. The molecular weight excluding hydrogens is 288 g/mol. The first-order chi connectivity index (χ1) is 11.0. The first kappa shape index (κ1) is 16.9. The zero-order chi connectivity index (χ0) is 16.8. The highest BCUT2D eigenvalue weighted by molar-refractivity contribution is 5.83. The lowest BCUT2D eigenvalue weighted by molar-refractivity contribution is -0.122. The molecule has 23 heavy (non-hydrogen) atoms. The molecule has 1 amide bonds. The van der Waals surface area contributed by atoms with Crippen molar-refractivity contribution in [2.24, 2.45) is 0 Å². The van der Waals surface area contributed by atoms with Gasteiger partial charge in [0.15, 0.2) is 0 Å². The molecule has 0 aliphatic heterocycles. The molecule has 1 heterocycles. The maximum absolute atomic E-state index is 12.5. The molecule has 0 fully saturated rings. The topological polar surface area (TPSA) is 58.1 Å². The fourth-order valence-electron chi connectivity index (χ4n) is 2.47. The molecule has 0 aliphatic rings. The highest BCUT2D eigenvalue weighted by atomic mass is 16.1. The van der Waals surface area contributed by atoms with Crippen LogP contribution in [0.25, 0.3) is 0 Å². The zero-order valence-electron chi connectivity index (χ0n) is 14.2. The van der Waals surface area contributed by atoms with E-state index in [0.29, 0.717) is 12.4 Å². The molecule has 0 aliphatic carbocycles. The molecule has 1 N–H and O–H groups in total. The van der Waals surface area contributed by atoms with Gasteiger partial charge in [-0.25, -0.2) is 9.97 Å². The zero-order valence-corrected chi connectivity index (χ0v) is 14.2. The van der Waals surface area contributed by atoms with Gasteiger partial charge in [-0.3, -0.25) is 4.79 Å². The van der Waals surface area contributed by atoms with Gasteiger partial charge in [0, 0.05) is 25.9 Å². The molecule has 1 aromatic heterocycles. The van der Waals surface area contributed by atoms with Crippen LogP contribution in [-0.4, -0.2) is 30.0 Å². The van der Waals surface area contributed by atoms with Crippen molar-refractivity contribution < 1.29 is 4.79 Å². The van der Waals surface area contributed by atoms with Gasteiger partial charge >= 0.3 is 0 Å². The Morgan fingerprint density at radius 3 is 2.52 bits per heavy atom. The van der Waals surface area contributed by atoms with E-state index in [-0.39, 0.29) is 11.8 Å². The standard InChI is InChI=1S/C18H24N4O/c1-5-15(14-9-7-6-8-10-14)18(23)19-12-16-20-13(2)11-17(21-16)22(3)4/h6-11,15H,5,12H2,1-4H3,(H,19,23)/t15-/m1/s1. The summed E-state index contributed by atoms with van der Waals surface area (Å²) in [5.74, 6) is 1.34. The summed E-state index contributed by atoms with van der Waals surface area (Å²) >= 11 is 0. The van der Waals surface area contributed by atoms with E-state index in [4.69, 9.17) is 0 Å². The highest BCUT2D eigenvalue weighted by Crippen LogP contribution is 2.19. The minimum Gasteiger partial charge on any atom is -0.363 e. The number of nitrogens with one attached hydrogen (secondary N) is 1. The summed E-state index contributed by atoms with van der Waals surface area (Å²) < 4.78 is 0. The predicted molar refractivity (Wildman–Crippen MR) is 92.4 cm³/mol. The summed E-state index contributed by atoms with van der Waals surface area (Å²) in [6.07, 6.45) is 0.757. The van der Waals surface area contributed by atoms with Crippen molar-refractivity contribution in [2.45, 2.75) is 32.7 Å². The Kier molecular flexibility index (Phi) is 5.68. The van der Waals surface area contributed by atoms with Crippen LogP contribution in [0.15, 0.2) is 36.4 Å². The van der Waals surface area contributed by atoms with Crippen molar-refractivity contribution >= 4 is 11.7 Å². The Labute approximate surface area is 137 Å². The van der Waals surface area contributed by atoms with E-state index < -0.39 is 0 Å². The molecule has 122 valence electrons. The molecular formula is C18H24N4O. The fourth-order valence-corrected chi connectivity index (χ4v) is 2.47. The Balaban J connectivity index is 2.06. The van der Waals surface area contributed by atoms with Gasteiger partial charge in [0.2, 0.25) is 5.91 Å². The SMILES string of the molecule is CC[C@@H](C(=O)NCc1nc(C)cc(N(C)C)n1)c1ccccc1. The number of hydrogen-bond acceptors (Lipinski definition) is 4. The smallest absolute Gasteiger partial charge is 0.227 e. The van der Waals surface area contributed by atoms with Gasteiger partial charge in [-0.05, 0) is 18.9 Å². The third-order valence-electron chi connectivity index (χ3n) is 3.69. The molecule has 0 saturated heterocycles. The second kappa shape index (κ2) is 7.72. The summed E-state index contributed by atoms with van der Waals surface area (Å²) in [5.41, 5.74) is 1.93. The number of nitrogens with zero attached hydrogens (tertiary/aromatic N) is 3. The van der Waals surface area contributed by atoms with E-state index in [2.05, 4.69) is 15.3 Å². The normalized spacial score (nSPS) is 11.8. The van der Waals surface area contributed by atoms with Crippen LogP contribution >= 0.6 is 0 Å². The van der Waals surface area contributed by atoms with E-state index in [1.54, 1.807) is 0 Å². The van der Waals surface area contributed by atoms with Crippen molar-refractivity contribution in [3.63, 3.8) is 0 Å². The molecule has 1 aromatic carbocycles. The maximum atomic E-state index is 12.5. The van der Waals surface area contributed by atoms with E-state index in [9.17, 15) is 4.79 Å². The van der Waals surface area contributed by atoms with Crippen LogP contribution in [0.3, 0.4) is 0 Å². The van der Waals surface area contributed by atoms with Crippen LogP contribution in [0.5, 0.6) is 0 Å². The molecule has 2 rings (SSSR count). The number of amides is 1. The summed E-state index contributed by atoms with van der Waals surface area (Å²) in [7, 11) is 3.87. The van der Waals surface area contributed by atoms with Gasteiger partial charge in [-0.2, -0.15) is 0 Å². The van der Waals surface area contributed by atoms with Crippen molar-refractivity contribution in [2.75, 3.05) is 19.0 Å². The fraction of sp³-hybridized carbons (Fsp3) is 0.389. The van der Waals surface area contributed by atoms with Gasteiger partial charge < -0.3 is 10.2 Å². The predicted octanol–water partition coefficient (Wildman–Crippen LogP) is 2.66. The Hall–Kier alpha value is -2.43. The first-order valence-electron chi connectivity index (χ1n) is 7.85. The molecule has 1 atom stereocenters. The summed E-state index contributed by atoms with van der Waals surface area (Å²) in [4.78, 5) is 23.3. The van der Waals surface area contributed by atoms with E-state index in [0.717, 1.165) is 23.5 Å². The third kappa shape index (κ3) is 4.52. The van der Waals surface area contributed by atoms with Crippen molar-refractivity contribution in [3.05, 3.63) is 53.5 Å². The molecule has 5 nitrogen and oxygen atoms in total. The Morgan fingerprint density at radius 2 is 1.91 bits per heavy atom. The number of rotatable bonds is 6. The van der Waals surface area contributed by atoms with Gasteiger partial charge in [0.25, 0.3) is 0 Å². The van der Waals surface area contributed by atoms with Gasteiger partial charge in [-0.1, -0.05) is 37.3 Å². The van der Waals surface area contributed by atoms with Crippen molar-refractivity contribution in [1.82, 2.24) is 15.3 Å². The number of carbonyl (C=O) groups excluding carboxylic acids is 1. The molecule has 0 bridgehead atoms. The van der Waals surface area contributed by atoms with Gasteiger partial charge in [0.1, 0.15) is 11.6 Å². The number of aryl methyl sites for hydroxylation is 1. The number of hydrogen-bond donors (Lipinski definition) is 1. The van der Waals surface area contributed by atoms with E-state index in [1.165, 1.54) is 0 Å². The number of aromatic nitrogens is 2. The number of carbonyl (C=O) groups is 1. The van der Waals surface area contributed by atoms with Crippen molar-refractivity contribution in [1.29, 1.82) is 0 Å². The lowest BCUT2D eigenvalue weighted by atomic mass is 9.96. The Morgan fingerprint density at radius 1 is 1.22 bits per heavy atom. The van der Waals surface area contributed by atoms with E-state index >= 15 is 0 Å². The Bertz CT molecular complexity index is 655. The van der Waals surface area contributed by atoms with Gasteiger partial charge in [0.05, 0.1) is 12.5 Å². The summed E-state index contributed by atoms with van der Waals surface area (Å²) in [6.45, 7) is 4.29. The van der Waals surface area contributed by atoms with Crippen LogP contribution < -0.4 is 10.2 Å². The van der Waals surface area contributed by atoms with Crippen LogP contribution in [0, 0.1) is 6.92 Å². The van der Waals surface area contributed by atoms with Crippen molar-refractivity contribution in [3.8, 4) is 0 Å². The molecule has 0 spiro atoms. The maximum Gasteiger partial charge on any atom is 0.227 e. The number of benzene rings is 1. The lowest BCUT2D eigenvalue weighted by Gasteiger charge is -2.16. The minimum atomic E-state index is -0.144. The third-order valence-corrected chi connectivity index (χ3v) is 3.69. The van der Waals surface area contributed by atoms with E-state index in [1.807, 2.05) is 69.2 Å². The van der Waals surface area contributed by atoms with Gasteiger partial charge in [-0.15, -0.1) is 0 Å². The van der Waals surface area contributed by atoms with Crippen LogP contribution in [0.4, 0.5) is 5.82 Å². The molecule has 0 unspecified atom stereocenters. The van der Waals surface area contributed by atoms with Crippen LogP contribution in [0.1, 0.15) is 36.3 Å². The first-order valence-corrected chi connectivity index (χ1v) is 7.85. The highest BCUT2D eigenvalue weighted by Gasteiger charge is 2.18. The quantitative estimate of drug-likeness (QED) is 0.891. The summed E-state index contributed by atoms with van der Waals surface area (Å²) in [5, 5.41) is 2.96. The molecule has 2 aromatic rings. The second-order valence-corrected chi connectivity index (χ2v) is 5.77. The molecule has 0 saturated carbocycles. The number of anilines is 1.